The number of carbonyl (C=O) groups is 1. The summed E-state index contributed by atoms with van der Waals surface area (Å²) in [6, 6.07) is 17.4. The van der Waals surface area contributed by atoms with E-state index in [1.54, 1.807) is 19.4 Å². The Labute approximate surface area is 178 Å². The minimum Gasteiger partial charge on any atom is -0.497 e. The summed E-state index contributed by atoms with van der Waals surface area (Å²) in [5, 5.41) is 6.13. The number of nitrogens with zero attached hydrogens (tertiary/aromatic N) is 2. The van der Waals surface area contributed by atoms with E-state index in [2.05, 4.69) is 5.10 Å². The first-order valence-corrected chi connectivity index (χ1v) is 10.7. The van der Waals surface area contributed by atoms with E-state index < -0.39 is 0 Å². The van der Waals surface area contributed by atoms with Gasteiger partial charge in [-0.3, -0.25) is 4.79 Å². The smallest absolute Gasteiger partial charge is 0.253 e. The standard InChI is InChI=1S/C23H21FN2O3S/c1-28-19-9-7-17(8-10-19)20-13-21(22-6-3-11-29-22)26(25-20)23(27)15-30-14-16-4-2-5-18(24)12-16/h2-12,21H,13-15H2,1H3/t21-/m1/s1. The zero-order valence-corrected chi connectivity index (χ0v) is 17.3. The maximum Gasteiger partial charge on any atom is 0.253 e. The highest BCUT2D eigenvalue weighted by Gasteiger charge is 2.34. The van der Waals surface area contributed by atoms with Crippen LogP contribution in [0.15, 0.2) is 76.4 Å². The molecule has 154 valence electrons. The molecule has 0 spiro atoms. The van der Waals surface area contributed by atoms with Crippen LogP contribution >= 0.6 is 11.8 Å². The van der Waals surface area contributed by atoms with Gasteiger partial charge in [0.25, 0.3) is 5.91 Å². The van der Waals surface area contributed by atoms with Gasteiger partial charge in [-0.1, -0.05) is 12.1 Å². The molecule has 2 heterocycles. The summed E-state index contributed by atoms with van der Waals surface area (Å²) in [5.74, 6) is 1.88. The van der Waals surface area contributed by atoms with Crippen molar-refractivity contribution in [1.82, 2.24) is 5.01 Å². The van der Waals surface area contributed by atoms with Crippen LogP contribution in [-0.2, 0) is 10.5 Å². The molecule has 2 aromatic carbocycles. The Bertz CT molecular complexity index is 1030. The number of carbonyl (C=O) groups excluding carboxylic acids is 1. The van der Waals surface area contributed by atoms with Crippen LogP contribution in [0.3, 0.4) is 0 Å². The minimum absolute atomic E-state index is 0.110. The quantitative estimate of drug-likeness (QED) is 0.533. The van der Waals surface area contributed by atoms with Crippen molar-refractivity contribution in [2.45, 2.75) is 18.2 Å². The largest absolute Gasteiger partial charge is 0.497 e. The van der Waals surface area contributed by atoms with Crippen LogP contribution in [-0.4, -0.2) is 29.5 Å². The van der Waals surface area contributed by atoms with E-state index in [0.717, 1.165) is 22.6 Å². The normalized spacial score (nSPS) is 15.9. The molecule has 1 amide bonds. The van der Waals surface area contributed by atoms with Crippen molar-refractivity contribution >= 4 is 23.4 Å². The molecule has 3 aromatic rings. The summed E-state index contributed by atoms with van der Waals surface area (Å²) in [6.45, 7) is 0. The number of methoxy groups -OCH3 is 1. The molecule has 1 atom stereocenters. The average Bonchev–Trinajstić information content (AvgIpc) is 3.44. The number of halogens is 1. The van der Waals surface area contributed by atoms with Gasteiger partial charge in [0.15, 0.2) is 0 Å². The van der Waals surface area contributed by atoms with Gasteiger partial charge in [-0.05, 0) is 59.7 Å². The van der Waals surface area contributed by atoms with Gasteiger partial charge in [0.05, 0.1) is 24.8 Å². The van der Waals surface area contributed by atoms with Crippen LogP contribution in [0.4, 0.5) is 4.39 Å². The lowest BCUT2D eigenvalue weighted by molar-refractivity contribution is -0.130. The zero-order chi connectivity index (χ0) is 20.9. The van der Waals surface area contributed by atoms with Crippen LogP contribution < -0.4 is 4.74 Å². The van der Waals surface area contributed by atoms with Gasteiger partial charge in [-0.2, -0.15) is 5.10 Å². The molecular weight excluding hydrogens is 403 g/mol. The molecule has 0 saturated carbocycles. The lowest BCUT2D eigenvalue weighted by Crippen LogP contribution is -2.28. The molecule has 0 saturated heterocycles. The number of ether oxygens (including phenoxy) is 1. The van der Waals surface area contributed by atoms with E-state index in [4.69, 9.17) is 9.15 Å². The number of hydrogen-bond acceptors (Lipinski definition) is 5. The van der Waals surface area contributed by atoms with E-state index in [0.29, 0.717) is 17.9 Å². The molecule has 4 rings (SSSR count). The third-order valence-electron chi connectivity index (χ3n) is 4.84. The number of rotatable bonds is 7. The number of hydrogen-bond donors (Lipinski definition) is 0. The molecule has 1 aromatic heterocycles. The van der Waals surface area contributed by atoms with Gasteiger partial charge in [0, 0.05) is 12.2 Å². The van der Waals surface area contributed by atoms with Crippen molar-refractivity contribution in [1.29, 1.82) is 0 Å². The summed E-state index contributed by atoms with van der Waals surface area (Å²) >= 11 is 1.44. The van der Waals surface area contributed by atoms with Crippen LogP contribution in [0.1, 0.15) is 29.3 Å². The van der Waals surface area contributed by atoms with Gasteiger partial charge < -0.3 is 9.15 Å². The van der Waals surface area contributed by atoms with E-state index in [9.17, 15) is 9.18 Å². The number of benzene rings is 2. The van der Waals surface area contributed by atoms with Crippen molar-refractivity contribution in [3.8, 4) is 5.75 Å². The molecule has 0 bridgehead atoms. The number of hydrazone groups is 1. The fourth-order valence-electron chi connectivity index (χ4n) is 3.35. The van der Waals surface area contributed by atoms with Crippen LogP contribution in [0, 0.1) is 5.82 Å². The Kier molecular flexibility index (Phi) is 6.18. The van der Waals surface area contributed by atoms with Crippen molar-refractivity contribution < 1.29 is 18.3 Å². The van der Waals surface area contributed by atoms with Crippen molar-refractivity contribution in [2.24, 2.45) is 5.10 Å². The van der Waals surface area contributed by atoms with Gasteiger partial charge in [0.2, 0.25) is 0 Å². The first-order valence-electron chi connectivity index (χ1n) is 9.53. The van der Waals surface area contributed by atoms with Gasteiger partial charge in [-0.15, -0.1) is 11.8 Å². The second-order valence-corrected chi connectivity index (χ2v) is 7.86. The lowest BCUT2D eigenvalue weighted by atomic mass is 10.0. The second-order valence-electron chi connectivity index (χ2n) is 6.87. The van der Waals surface area contributed by atoms with Crippen LogP contribution in [0.2, 0.25) is 0 Å². The van der Waals surface area contributed by atoms with E-state index in [-0.39, 0.29) is 23.5 Å². The molecule has 0 radical (unpaired) electrons. The van der Waals surface area contributed by atoms with E-state index >= 15 is 0 Å². The topological polar surface area (TPSA) is 55.0 Å². The van der Waals surface area contributed by atoms with E-state index in [1.807, 2.05) is 42.5 Å². The predicted molar refractivity (Wildman–Crippen MR) is 115 cm³/mol. The number of amides is 1. The van der Waals surface area contributed by atoms with Gasteiger partial charge in [0.1, 0.15) is 23.4 Å². The summed E-state index contributed by atoms with van der Waals surface area (Å²) in [5.41, 5.74) is 2.61. The molecule has 1 aliphatic heterocycles. The SMILES string of the molecule is COc1ccc(C2=NN(C(=O)CSCc3cccc(F)c3)[C@@H](c3ccco3)C2)cc1. The highest BCUT2D eigenvalue weighted by Crippen LogP contribution is 2.34. The molecule has 30 heavy (non-hydrogen) atoms. The van der Waals surface area contributed by atoms with Gasteiger partial charge in [-0.25, -0.2) is 9.40 Å². The Balaban J connectivity index is 1.48. The molecule has 7 heteroatoms. The summed E-state index contributed by atoms with van der Waals surface area (Å²) in [7, 11) is 1.62. The zero-order valence-electron chi connectivity index (χ0n) is 16.5. The van der Waals surface area contributed by atoms with E-state index in [1.165, 1.54) is 28.9 Å². The average molecular weight is 424 g/mol. The monoisotopic (exact) mass is 424 g/mol. The lowest BCUT2D eigenvalue weighted by Gasteiger charge is -2.19. The predicted octanol–water partition coefficient (Wildman–Crippen LogP) is 5.04. The number of thioether (sulfide) groups is 1. The fraction of sp³-hybridized carbons (Fsp3) is 0.217. The maximum absolute atomic E-state index is 13.3. The Morgan fingerprint density at radius 3 is 2.77 bits per heavy atom. The third kappa shape index (κ3) is 4.57. The Morgan fingerprint density at radius 2 is 2.07 bits per heavy atom. The van der Waals surface area contributed by atoms with Gasteiger partial charge >= 0.3 is 0 Å². The minimum atomic E-state index is -0.278. The molecule has 1 aliphatic rings. The molecule has 0 N–H and O–H groups in total. The fourth-order valence-corrected chi connectivity index (χ4v) is 4.17. The second kappa shape index (κ2) is 9.17. The highest BCUT2D eigenvalue weighted by molar-refractivity contribution is 7.99. The first-order chi connectivity index (χ1) is 14.6. The van der Waals surface area contributed by atoms with Crippen molar-refractivity contribution in [2.75, 3.05) is 12.9 Å². The highest BCUT2D eigenvalue weighted by atomic mass is 32.2. The third-order valence-corrected chi connectivity index (χ3v) is 5.83. The van der Waals surface area contributed by atoms with Crippen molar-refractivity contribution in [3.05, 3.63) is 89.6 Å². The van der Waals surface area contributed by atoms with Crippen LogP contribution in [0.5, 0.6) is 5.75 Å². The van der Waals surface area contributed by atoms with Crippen molar-refractivity contribution in [3.63, 3.8) is 0 Å². The molecular formula is C23H21FN2O3S. The molecule has 0 unspecified atom stereocenters. The summed E-state index contributed by atoms with van der Waals surface area (Å²) in [4.78, 5) is 12.9. The first kappa shape index (κ1) is 20.2. The van der Waals surface area contributed by atoms with Crippen LogP contribution in [0.25, 0.3) is 0 Å². The Morgan fingerprint density at radius 1 is 1.23 bits per heavy atom. The number of furan rings is 1. The Hall–Kier alpha value is -3.06. The summed E-state index contributed by atoms with van der Waals surface area (Å²) in [6.07, 6.45) is 2.17. The molecule has 0 fully saturated rings. The summed E-state index contributed by atoms with van der Waals surface area (Å²) < 4.78 is 24.1. The maximum atomic E-state index is 13.3. The molecule has 5 nitrogen and oxygen atoms in total. The molecule has 0 aliphatic carbocycles.